The summed E-state index contributed by atoms with van der Waals surface area (Å²) in [7, 11) is 0. The minimum absolute atomic E-state index is 0.0136. The average molecular weight is 319 g/mol. The van der Waals surface area contributed by atoms with Gasteiger partial charge in [0.05, 0.1) is 10.7 Å². The van der Waals surface area contributed by atoms with Crippen molar-refractivity contribution in [2.45, 2.75) is 46.0 Å². The number of thiazole rings is 1. The number of rotatable bonds is 3. The molecule has 0 saturated carbocycles. The minimum Gasteiger partial charge on any atom is -0.448 e. The third kappa shape index (κ3) is 2.79. The van der Waals surface area contributed by atoms with Crippen molar-refractivity contribution in [3.63, 3.8) is 0 Å². The number of carbonyl (C=O) groups is 1. The van der Waals surface area contributed by atoms with Crippen molar-refractivity contribution in [2.75, 3.05) is 13.1 Å². The molecule has 1 aliphatic heterocycles. The van der Waals surface area contributed by atoms with Crippen LogP contribution in [0.25, 0.3) is 0 Å². The zero-order valence-corrected chi connectivity index (χ0v) is 14.1. The fraction of sp³-hybridized carbons (Fsp3) is 0.562. The van der Waals surface area contributed by atoms with E-state index in [2.05, 4.69) is 16.9 Å². The molecule has 1 amide bonds. The van der Waals surface area contributed by atoms with Gasteiger partial charge in [-0.1, -0.05) is 6.92 Å². The van der Waals surface area contributed by atoms with Crippen LogP contribution >= 0.6 is 11.3 Å². The lowest BCUT2D eigenvalue weighted by Gasteiger charge is -2.31. The molecule has 3 rings (SSSR count). The summed E-state index contributed by atoms with van der Waals surface area (Å²) < 4.78 is 5.29. The van der Waals surface area contributed by atoms with E-state index in [0.29, 0.717) is 23.8 Å². The van der Waals surface area contributed by atoms with Gasteiger partial charge in [0.1, 0.15) is 5.76 Å². The lowest BCUT2D eigenvalue weighted by atomic mass is 9.98. The molecule has 0 radical (unpaired) electrons. The van der Waals surface area contributed by atoms with Gasteiger partial charge in [-0.15, -0.1) is 11.3 Å². The maximum atomic E-state index is 12.7. The number of nitrogens with zero attached hydrogens (tertiary/aromatic N) is 3. The Balaban J connectivity index is 1.77. The summed E-state index contributed by atoms with van der Waals surface area (Å²) in [5, 5.41) is 1.16. The van der Waals surface area contributed by atoms with Crippen molar-refractivity contribution in [1.29, 1.82) is 0 Å². The van der Waals surface area contributed by atoms with Gasteiger partial charge in [0, 0.05) is 30.3 Å². The third-order valence-electron chi connectivity index (χ3n) is 4.27. The van der Waals surface area contributed by atoms with Gasteiger partial charge in [0.25, 0.3) is 5.91 Å². The van der Waals surface area contributed by atoms with Crippen molar-refractivity contribution in [1.82, 2.24) is 14.9 Å². The number of aryl methyl sites for hydroxylation is 3. The largest absolute Gasteiger partial charge is 0.448 e. The summed E-state index contributed by atoms with van der Waals surface area (Å²) in [6.07, 6.45) is 4.15. The summed E-state index contributed by atoms with van der Waals surface area (Å²) in [5.41, 5.74) is 1.57. The van der Waals surface area contributed by atoms with Gasteiger partial charge in [-0.05, 0) is 26.7 Å². The molecule has 1 atom stereocenters. The molecule has 0 spiro atoms. The van der Waals surface area contributed by atoms with Gasteiger partial charge in [-0.25, -0.2) is 9.97 Å². The molecular weight excluding hydrogens is 298 g/mol. The van der Waals surface area contributed by atoms with E-state index in [4.69, 9.17) is 4.42 Å². The normalized spacial score (nSPS) is 18.7. The maximum Gasteiger partial charge on any atom is 0.276 e. The molecule has 6 heteroatoms. The van der Waals surface area contributed by atoms with Crippen LogP contribution in [0.2, 0.25) is 0 Å². The van der Waals surface area contributed by atoms with E-state index >= 15 is 0 Å². The highest BCUT2D eigenvalue weighted by Crippen LogP contribution is 2.31. The summed E-state index contributed by atoms with van der Waals surface area (Å²) in [5.74, 6) is 1.00. The zero-order valence-electron chi connectivity index (χ0n) is 13.3. The molecule has 1 aliphatic rings. The van der Waals surface area contributed by atoms with Crippen LogP contribution < -0.4 is 0 Å². The molecule has 22 heavy (non-hydrogen) atoms. The molecule has 0 N–H and O–H groups in total. The van der Waals surface area contributed by atoms with Gasteiger partial charge >= 0.3 is 0 Å². The fourth-order valence-electron chi connectivity index (χ4n) is 2.88. The molecule has 3 heterocycles. The number of amides is 1. The van der Waals surface area contributed by atoms with Crippen LogP contribution in [0.5, 0.6) is 0 Å². The predicted octanol–water partition coefficient (Wildman–Crippen LogP) is 3.33. The van der Waals surface area contributed by atoms with E-state index in [1.54, 1.807) is 11.3 Å². The summed E-state index contributed by atoms with van der Waals surface area (Å²) in [4.78, 5) is 24.6. The highest BCUT2D eigenvalue weighted by molar-refractivity contribution is 7.11. The van der Waals surface area contributed by atoms with E-state index in [-0.39, 0.29) is 5.91 Å². The molecule has 1 fully saturated rings. The Morgan fingerprint density at radius 3 is 3.00 bits per heavy atom. The third-order valence-corrected chi connectivity index (χ3v) is 5.50. The monoisotopic (exact) mass is 319 g/mol. The number of likely N-dealkylation sites (tertiary alicyclic amines) is 1. The Labute approximate surface area is 134 Å². The van der Waals surface area contributed by atoms with Crippen LogP contribution in [0.4, 0.5) is 0 Å². The first-order chi connectivity index (χ1) is 10.6. The van der Waals surface area contributed by atoms with Crippen molar-refractivity contribution in [3.05, 3.63) is 33.4 Å². The van der Waals surface area contributed by atoms with E-state index in [0.717, 1.165) is 36.6 Å². The quantitative estimate of drug-likeness (QED) is 0.870. The number of oxazole rings is 1. The molecule has 0 aliphatic carbocycles. The van der Waals surface area contributed by atoms with Crippen LogP contribution in [0.15, 0.2) is 10.8 Å². The SMILES string of the molecule is CCc1ocnc1C(=O)N1CCCC(c2nc(C)c(C)s2)C1. The number of hydrogen-bond donors (Lipinski definition) is 0. The first-order valence-electron chi connectivity index (χ1n) is 7.75. The molecule has 0 aromatic carbocycles. The predicted molar refractivity (Wildman–Crippen MR) is 85.3 cm³/mol. The number of aromatic nitrogens is 2. The lowest BCUT2D eigenvalue weighted by Crippen LogP contribution is -2.39. The first-order valence-corrected chi connectivity index (χ1v) is 8.57. The Hall–Kier alpha value is -1.69. The Morgan fingerprint density at radius 1 is 1.50 bits per heavy atom. The molecule has 2 aromatic heterocycles. The minimum atomic E-state index is -0.0136. The van der Waals surface area contributed by atoms with Crippen molar-refractivity contribution in [3.8, 4) is 0 Å². The van der Waals surface area contributed by atoms with Crippen molar-refractivity contribution in [2.24, 2.45) is 0 Å². The number of hydrogen-bond acceptors (Lipinski definition) is 5. The van der Waals surface area contributed by atoms with Crippen LogP contribution in [-0.2, 0) is 6.42 Å². The maximum absolute atomic E-state index is 12.7. The van der Waals surface area contributed by atoms with Gasteiger partial charge in [0.2, 0.25) is 0 Å². The van der Waals surface area contributed by atoms with Crippen LogP contribution in [-0.4, -0.2) is 33.9 Å². The number of piperidine rings is 1. The standard InChI is InChI=1S/C16H21N3O2S/c1-4-13-14(17-9-21-13)16(20)19-7-5-6-12(8-19)15-18-10(2)11(3)22-15/h9,12H,4-8H2,1-3H3. The second-order valence-corrected chi connectivity index (χ2v) is 7.00. The molecule has 2 aromatic rings. The Kier molecular flexibility index (Phi) is 4.29. The summed E-state index contributed by atoms with van der Waals surface area (Å²) in [6.45, 7) is 7.63. The molecule has 5 nitrogen and oxygen atoms in total. The Bertz CT molecular complexity index is 657. The van der Waals surface area contributed by atoms with E-state index in [1.165, 1.54) is 11.3 Å². The van der Waals surface area contributed by atoms with Crippen molar-refractivity contribution >= 4 is 17.2 Å². The molecule has 1 saturated heterocycles. The Morgan fingerprint density at radius 2 is 2.32 bits per heavy atom. The highest BCUT2D eigenvalue weighted by atomic mass is 32.1. The lowest BCUT2D eigenvalue weighted by molar-refractivity contribution is 0.0699. The molecule has 0 bridgehead atoms. The first kappa shape index (κ1) is 15.2. The highest BCUT2D eigenvalue weighted by Gasteiger charge is 2.29. The van der Waals surface area contributed by atoms with E-state index < -0.39 is 0 Å². The van der Waals surface area contributed by atoms with Crippen LogP contribution in [0.3, 0.4) is 0 Å². The van der Waals surface area contributed by atoms with Crippen LogP contribution in [0.1, 0.15) is 57.5 Å². The second kappa shape index (κ2) is 6.20. The van der Waals surface area contributed by atoms with Crippen molar-refractivity contribution < 1.29 is 9.21 Å². The van der Waals surface area contributed by atoms with E-state index in [1.807, 2.05) is 18.7 Å². The number of carbonyl (C=O) groups excluding carboxylic acids is 1. The second-order valence-electron chi connectivity index (χ2n) is 5.76. The van der Waals surface area contributed by atoms with Gasteiger partial charge in [0.15, 0.2) is 12.1 Å². The fourth-order valence-corrected chi connectivity index (χ4v) is 3.93. The summed E-state index contributed by atoms with van der Waals surface area (Å²) in [6, 6.07) is 0. The van der Waals surface area contributed by atoms with Gasteiger partial charge < -0.3 is 9.32 Å². The average Bonchev–Trinajstić information content (AvgIpc) is 3.14. The smallest absolute Gasteiger partial charge is 0.276 e. The van der Waals surface area contributed by atoms with E-state index in [9.17, 15) is 4.79 Å². The van der Waals surface area contributed by atoms with Crippen LogP contribution in [0, 0.1) is 13.8 Å². The van der Waals surface area contributed by atoms with Gasteiger partial charge in [-0.3, -0.25) is 4.79 Å². The molecular formula is C16H21N3O2S. The van der Waals surface area contributed by atoms with Gasteiger partial charge in [-0.2, -0.15) is 0 Å². The summed E-state index contributed by atoms with van der Waals surface area (Å²) >= 11 is 1.76. The topological polar surface area (TPSA) is 59.2 Å². The molecule has 1 unspecified atom stereocenters. The zero-order chi connectivity index (χ0) is 15.7. The molecule has 118 valence electrons.